The summed E-state index contributed by atoms with van der Waals surface area (Å²) in [6.07, 6.45) is 6.06. The Hall–Kier alpha value is -1.66. The van der Waals surface area contributed by atoms with Gasteiger partial charge in [0.25, 0.3) is 5.91 Å². The fourth-order valence-corrected chi connectivity index (χ4v) is 4.35. The van der Waals surface area contributed by atoms with Crippen molar-refractivity contribution < 1.29 is 13.9 Å². The van der Waals surface area contributed by atoms with Crippen LogP contribution in [0.1, 0.15) is 39.0 Å². The van der Waals surface area contributed by atoms with Crippen molar-refractivity contribution in [2.45, 2.75) is 44.6 Å². The van der Waals surface area contributed by atoms with Crippen LogP contribution >= 0.6 is 0 Å². The Kier molecular flexibility index (Phi) is 7.07. The van der Waals surface area contributed by atoms with Gasteiger partial charge in [0.2, 0.25) is 0 Å². The molecule has 1 saturated heterocycles. The molecule has 1 aromatic rings. The maximum Gasteiger partial charge on any atom is 0.258 e. The minimum atomic E-state index is -0.311. The predicted molar refractivity (Wildman–Crippen MR) is 104 cm³/mol. The molecule has 1 aliphatic heterocycles. The Bertz CT molecular complexity index is 594. The van der Waals surface area contributed by atoms with Gasteiger partial charge in [-0.2, -0.15) is 0 Å². The Balaban J connectivity index is 1.51. The molecule has 0 spiro atoms. The largest absolute Gasteiger partial charge is 0.484 e. The van der Waals surface area contributed by atoms with Crippen molar-refractivity contribution in [1.82, 2.24) is 15.1 Å². The number of carbonyl (C=O) groups is 1. The number of hydrogen-bond acceptors (Lipinski definition) is 4. The highest BCUT2D eigenvalue weighted by molar-refractivity contribution is 5.77. The highest BCUT2D eigenvalue weighted by Gasteiger charge is 2.39. The highest BCUT2D eigenvalue weighted by atomic mass is 19.1. The van der Waals surface area contributed by atoms with E-state index in [0.717, 1.165) is 45.6 Å². The van der Waals surface area contributed by atoms with E-state index in [-0.39, 0.29) is 23.9 Å². The Morgan fingerprint density at radius 2 is 1.78 bits per heavy atom. The molecule has 1 aliphatic carbocycles. The van der Waals surface area contributed by atoms with E-state index in [9.17, 15) is 9.18 Å². The van der Waals surface area contributed by atoms with Gasteiger partial charge in [-0.05, 0) is 43.7 Å². The number of nitrogens with one attached hydrogen (secondary N) is 1. The first-order valence-electron chi connectivity index (χ1n) is 10.2. The summed E-state index contributed by atoms with van der Waals surface area (Å²) in [6, 6.07) is 5.75. The van der Waals surface area contributed by atoms with E-state index in [2.05, 4.69) is 22.0 Å². The zero-order chi connectivity index (χ0) is 19.1. The molecule has 5 nitrogen and oxygen atoms in total. The number of rotatable bonds is 7. The maximum atomic E-state index is 12.9. The smallest absolute Gasteiger partial charge is 0.258 e. The van der Waals surface area contributed by atoms with Gasteiger partial charge in [0.1, 0.15) is 11.6 Å². The topological polar surface area (TPSA) is 44.8 Å². The van der Waals surface area contributed by atoms with Gasteiger partial charge in [-0.15, -0.1) is 0 Å². The van der Waals surface area contributed by atoms with Gasteiger partial charge in [-0.3, -0.25) is 9.69 Å². The molecule has 6 heteroatoms. The lowest BCUT2D eigenvalue weighted by Crippen LogP contribution is -2.62. The van der Waals surface area contributed by atoms with Crippen LogP contribution in [0.3, 0.4) is 0 Å². The van der Waals surface area contributed by atoms with Crippen molar-refractivity contribution in [2.24, 2.45) is 0 Å². The van der Waals surface area contributed by atoms with E-state index in [1.807, 2.05) is 0 Å². The summed E-state index contributed by atoms with van der Waals surface area (Å²) < 4.78 is 18.4. The summed E-state index contributed by atoms with van der Waals surface area (Å²) >= 11 is 0. The Morgan fingerprint density at radius 3 is 2.41 bits per heavy atom. The third-order valence-electron chi connectivity index (χ3n) is 6.07. The second-order valence-corrected chi connectivity index (χ2v) is 7.73. The fourth-order valence-electron chi connectivity index (χ4n) is 4.35. The van der Waals surface area contributed by atoms with E-state index >= 15 is 0 Å². The van der Waals surface area contributed by atoms with Crippen LogP contribution in [0.4, 0.5) is 4.39 Å². The lowest BCUT2D eigenvalue weighted by atomic mass is 9.79. The first-order valence-corrected chi connectivity index (χ1v) is 10.2. The zero-order valence-electron chi connectivity index (χ0n) is 16.4. The fraction of sp³-hybridized carbons (Fsp3) is 0.667. The van der Waals surface area contributed by atoms with Crippen LogP contribution in [0.5, 0.6) is 5.75 Å². The minimum absolute atomic E-state index is 0.0364. The zero-order valence-corrected chi connectivity index (χ0v) is 16.4. The van der Waals surface area contributed by atoms with E-state index in [0.29, 0.717) is 12.3 Å². The molecule has 3 rings (SSSR count). The molecule has 150 valence electrons. The molecule has 0 bridgehead atoms. The van der Waals surface area contributed by atoms with Gasteiger partial charge >= 0.3 is 0 Å². The van der Waals surface area contributed by atoms with Crippen molar-refractivity contribution in [2.75, 3.05) is 45.9 Å². The molecule has 2 aliphatic rings. The lowest BCUT2D eigenvalue weighted by Gasteiger charge is -2.50. The number of piperazine rings is 1. The van der Waals surface area contributed by atoms with Crippen LogP contribution in [-0.4, -0.2) is 67.1 Å². The highest BCUT2D eigenvalue weighted by Crippen LogP contribution is 2.34. The molecule has 2 fully saturated rings. The molecule has 0 unspecified atom stereocenters. The van der Waals surface area contributed by atoms with Crippen LogP contribution in [0, 0.1) is 5.82 Å². The Morgan fingerprint density at radius 1 is 1.11 bits per heavy atom. The number of carbonyl (C=O) groups excluding carboxylic acids is 1. The van der Waals surface area contributed by atoms with Gasteiger partial charge in [-0.25, -0.2) is 4.39 Å². The summed E-state index contributed by atoms with van der Waals surface area (Å²) in [4.78, 5) is 17.4. The van der Waals surface area contributed by atoms with Gasteiger partial charge < -0.3 is 15.0 Å². The molecule has 1 heterocycles. The molecule has 1 N–H and O–H groups in total. The number of ether oxygens (including phenoxy) is 1. The minimum Gasteiger partial charge on any atom is -0.484 e. The van der Waals surface area contributed by atoms with Crippen LogP contribution in [0.25, 0.3) is 0 Å². The van der Waals surface area contributed by atoms with Crippen LogP contribution in [0.2, 0.25) is 0 Å². The molecule has 1 saturated carbocycles. The van der Waals surface area contributed by atoms with Gasteiger partial charge in [0, 0.05) is 38.3 Å². The first kappa shape index (κ1) is 20.1. The van der Waals surface area contributed by atoms with Crippen molar-refractivity contribution in [3.05, 3.63) is 30.1 Å². The molecule has 27 heavy (non-hydrogen) atoms. The second-order valence-electron chi connectivity index (χ2n) is 7.73. The van der Waals surface area contributed by atoms with Gasteiger partial charge in [0.05, 0.1) is 0 Å². The monoisotopic (exact) mass is 377 g/mol. The maximum absolute atomic E-state index is 12.9. The number of nitrogens with zero attached hydrogens (tertiary/aromatic N) is 2. The van der Waals surface area contributed by atoms with Gasteiger partial charge in [0.15, 0.2) is 6.61 Å². The molecule has 0 atom stereocenters. The average molecular weight is 378 g/mol. The summed E-state index contributed by atoms with van der Waals surface area (Å²) in [5.74, 6) is 0.0836. The SMILES string of the molecule is CCN1CCN(C2(CNC(=O)COc3ccc(F)cc3)CCCCC2)CC1. The van der Waals surface area contributed by atoms with E-state index in [1.54, 1.807) is 12.1 Å². The number of halogens is 1. The van der Waals surface area contributed by atoms with Crippen LogP contribution < -0.4 is 10.1 Å². The summed E-state index contributed by atoms with van der Waals surface area (Å²) in [5.41, 5.74) is 0.0869. The molecule has 0 aromatic heterocycles. The normalized spacial score (nSPS) is 21.0. The van der Waals surface area contributed by atoms with Crippen molar-refractivity contribution >= 4 is 5.91 Å². The molecule has 0 radical (unpaired) electrons. The van der Waals surface area contributed by atoms with Crippen molar-refractivity contribution in [3.63, 3.8) is 0 Å². The molecular formula is C21H32FN3O2. The number of likely N-dealkylation sites (N-methyl/N-ethyl adjacent to an activating group) is 1. The summed E-state index contributed by atoms with van der Waals surface area (Å²) in [5, 5.41) is 3.10. The number of benzene rings is 1. The van der Waals surface area contributed by atoms with E-state index < -0.39 is 0 Å². The number of amides is 1. The van der Waals surface area contributed by atoms with Crippen molar-refractivity contribution in [3.8, 4) is 5.75 Å². The third-order valence-corrected chi connectivity index (χ3v) is 6.07. The number of hydrogen-bond donors (Lipinski definition) is 1. The quantitative estimate of drug-likeness (QED) is 0.794. The van der Waals surface area contributed by atoms with Crippen molar-refractivity contribution in [1.29, 1.82) is 0 Å². The molecule has 1 amide bonds. The lowest BCUT2D eigenvalue weighted by molar-refractivity contribution is -0.124. The average Bonchev–Trinajstić information content (AvgIpc) is 2.72. The first-order chi connectivity index (χ1) is 13.1. The summed E-state index contributed by atoms with van der Waals surface area (Å²) in [6.45, 7) is 8.35. The Labute approximate surface area is 161 Å². The standard InChI is InChI=1S/C21H32FN3O2/c1-2-24-12-14-25(15-13-24)21(10-4-3-5-11-21)17-23-20(26)16-27-19-8-6-18(22)7-9-19/h6-9H,2-5,10-17H2,1H3,(H,23,26). The molecule has 1 aromatic carbocycles. The van der Waals surface area contributed by atoms with Crippen LogP contribution in [0.15, 0.2) is 24.3 Å². The van der Waals surface area contributed by atoms with E-state index in [1.165, 1.54) is 31.4 Å². The third kappa shape index (κ3) is 5.42. The summed E-state index contributed by atoms with van der Waals surface area (Å²) in [7, 11) is 0. The predicted octanol–water partition coefficient (Wildman–Crippen LogP) is 2.66. The van der Waals surface area contributed by atoms with E-state index in [4.69, 9.17) is 4.74 Å². The molecular weight excluding hydrogens is 345 g/mol. The van der Waals surface area contributed by atoms with Crippen LogP contribution in [-0.2, 0) is 4.79 Å². The second kappa shape index (κ2) is 9.51. The van der Waals surface area contributed by atoms with Gasteiger partial charge in [-0.1, -0.05) is 26.2 Å².